The molecule has 0 heterocycles. The van der Waals surface area contributed by atoms with Crippen LogP contribution in [0.4, 0.5) is 13.2 Å². The number of ether oxygens (including phenoxy) is 2. The highest BCUT2D eigenvalue weighted by Crippen LogP contribution is 2.36. The quantitative estimate of drug-likeness (QED) is 0.415. The molecule has 0 N–H and O–H groups in total. The van der Waals surface area contributed by atoms with Gasteiger partial charge in [0.2, 0.25) is 0 Å². The summed E-state index contributed by atoms with van der Waals surface area (Å²) in [5, 5.41) is 0.384. The largest absolute Gasteiger partial charge is 0.461 e. The zero-order valence-corrected chi connectivity index (χ0v) is 18.9. The molecule has 2 aromatic rings. The number of hydrogen-bond acceptors (Lipinski definition) is 4. The van der Waals surface area contributed by atoms with Gasteiger partial charge in [0.05, 0.1) is 11.8 Å². The Morgan fingerprint density at radius 1 is 0.938 bits per heavy atom. The molecule has 0 aliphatic heterocycles. The highest BCUT2D eigenvalue weighted by Gasteiger charge is 2.41. The van der Waals surface area contributed by atoms with Crippen molar-refractivity contribution in [2.45, 2.75) is 57.9 Å². The Morgan fingerprint density at radius 2 is 1.53 bits per heavy atom. The molecule has 0 spiro atoms. The number of hydrogen-bond donors (Lipinski definition) is 0. The first-order valence-corrected chi connectivity index (χ1v) is 10.5. The number of benzene rings is 2. The number of alkyl halides is 3. The average Bonchev–Trinajstić information content (AvgIpc) is 2.69. The lowest BCUT2D eigenvalue weighted by Gasteiger charge is -2.29. The van der Waals surface area contributed by atoms with E-state index in [-0.39, 0.29) is 6.61 Å². The van der Waals surface area contributed by atoms with Crippen molar-refractivity contribution < 1.29 is 32.2 Å². The fourth-order valence-corrected chi connectivity index (χ4v) is 3.27. The van der Waals surface area contributed by atoms with E-state index in [1.807, 2.05) is 0 Å². The van der Waals surface area contributed by atoms with Crippen LogP contribution in [-0.2, 0) is 25.7 Å². The van der Waals surface area contributed by atoms with Gasteiger partial charge in [-0.25, -0.2) is 0 Å². The van der Waals surface area contributed by atoms with Gasteiger partial charge in [0.1, 0.15) is 12.2 Å². The Hall–Kier alpha value is -2.54. The first-order valence-electron chi connectivity index (χ1n) is 10.1. The second-order valence-corrected chi connectivity index (χ2v) is 8.85. The van der Waals surface area contributed by atoms with E-state index in [1.54, 1.807) is 51.1 Å². The molecule has 32 heavy (non-hydrogen) atoms. The van der Waals surface area contributed by atoms with Crippen LogP contribution in [0.2, 0.25) is 5.02 Å². The van der Waals surface area contributed by atoms with Crippen LogP contribution in [0.25, 0.3) is 0 Å². The molecular weight excluding hydrogens is 445 g/mol. The zero-order valence-electron chi connectivity index (χ0n) is 18.1. The smallest absolute Gasteiger partial charge is 0.389 e. The molecule has 2 aromatic carbocycles. The van der Waals surface area contributed by atoms with Gasteiger partial charge in [0, 0.05) is 11.4 Å². The molecular formula is C24H26ClF3O4. The lowest BCUT2D eigenvalue weighted by molar-refractivity contribution is -0.168. The van der Waals surface area contributed by atoms with Crippen LogP contribution in [0, 0.1) is 5.92 Å². The van der Waals surface area contributed by atoms with Crippen molar-refractivity contribution in [3.63, 3.8) is 0 Å². The minimum absolute atomic E-state index is 0.121. The molecule has 4 nitrogen and oxygen atoms in total. The number of carbonyl (C=O) groups excluding carboxylic acids is 2. The fraction of sp³-hybridized carbons (Fsp3) is 0.417. The zero-order chi connectivity index (χ0) is 23.9. The second kappa shape index (κ2) is 10.9. The van der Waals surface area contributed by atoms with E-state index in [1.165, 1.54) is 24.3 Å². The highest BCUT2D eigenvalue weighted by atomic mass is 35.5. The Kier molecular flexibility index (Phi) is 8.73. The molecule has 0 unspecified atom stereocenters. The molecule has 0 aliphatic carbocycles. The second-order valence-electron chi connectivity index (χ2n) is 8.42. The molecule has 0 amide bonds. The molecule has 8 heteroatoms. The van der Waals surface area contributed by atoms with Gasteiger partial charge in [0.25, 0.3) is 0 Å². The summed E-state index contributed by atoms with van der Waals surface area (Å²) < 4.78 is 49.9. The van der Waals surface area contributed by atoms with Crippen LogP contribution in [0.15, 0.2) is 54.6 Å². The first-order chi connectivity index (χ1) is 14.9. The summed E-state index contributed by atoms with van der Waals surface area (Å²) in [6, 6.07) is 14.8. The standard InChI is InChI=1S/C24H26ClF3O4/c1-23(2,3)32-22(30)20(17-9-11-18(25)12-10-17)19(13-14-24(26,27)28)21(29)31-15-16-7-5-4-6-8-16/h4-12,19-20H,13-15H2,1-3H3/t19-,20+/m1/s1. The van der Waals surface area contributed by atoms with E-state index < -0.39 is 48.4 Å². The molecule has 0 saturated heterocycles. The normalized spacial score (nSPS) is 13.8. The number of halogens is 4. The Bertz CT molecular complexity index is 890. The van der Waals surface area contributed by atoms with Crippen LogP contribution >= 0.6 is 11.6 Å². The SMILES string of the molecule is CC(C)(C)OC(=O)[C@@H](c1ccc(Cl)cc1)[C@@H](CCC(F)(F)F)C(=O)OCc1ccccc1. The van der Waals surface area contributed by atoms with Crippen LogP contribution in [0.5, 0.6) is 0 Å². The first kappa shape index (κ1) is 25.7. The summed E-state index contributed by atoms with van der Waals surface area (Å²) in [4.78, 5) is 26.0. The van der Waals surface area contributed by atoms with E-state index in [9.17, 15) is 22.8 Å². The van der Waals surface area contributed by atoms with Crippen LogP contribution < -0.4 is 0 Å². The minimum atomic E-state index is -4.50. The Labute approximate surface area is 190 Å². The summed E-state index contributed by atoms with van der Waals surface area (Å²) in [6.07, 6.45) is -6.37. The number of carbonyl (C=O) groups is 2. The van der Waals surface area contributed by atoms with Crippen molar-refractivity contribution in [2.24, 2.45) is 5.92 Å². The summed E-state index contributed by atoms with van der Waals surface area (Å²) in [5.41, 5.74) is 0.104. The van der Waals surface area contributed by atoms with Gasteiger partial charge in [-0.2, -0.15) is 13.2 Å². The average molecular weight is 471 g/mol. The molecule has 2 atom stereocenters. The lowest BCUT2D eigenvalue weighted by atomic mass is 9.82. The van der Waals surface area contributed by atoms with Gasteiger partial charge in [-0.1, -0.05) is 54.1 Å². The molecule has 0 bridgehead atoms. The van der Waals surface area contributed by atoms with Gasteiger partial charge in [-0.05, 0) is 50.5 Å². The van der Waals surface area contributed by atoms with Crippen molar-refractivity contribution in [1.82, 2.24) is 0 Å². The molecule has 174 valence electrons. The van der Waals surface area contributed by atoms with E-state index in [0.717, 1.165) is 0 Å². The predicted molar refractivity (Wildman–Crippen MR) is 115 cm³/mol. The van der Waals surface area contributed by atoms with Crippen molar-refractivity contribution in [3.8, 4) is 0 Å². The van der Waals surface area contributed by atoms with Crippen molar-refractivity contribution in [1.29, 1.82) is 0 Å². The van der Waals surface area contributed by atoms with E-state index >= 15 is 0 Å². The molecule has 0 saturated carbocycles. The van der Waals surface area contributed by atoms with Crippen molar-refractivity contribution >= 4 is 23.5 Å². The molecule has 0 aromatic heterocycles. The van der Waals surface area contributed by atoms with Crippen molar-refractivity contribution in [2.75, 3.05) is 0 Å². The third kappa shape index (κ3) is 8.54. The third-order valence-electron chi connectivity index (χ3n) is 4.56. The maximum Gasteiger partial charge on any atom is 0.389 e. The van der Waals surface area contributed by atoms with E-state index in [2.05, 4.69) is 0 Å². The summed E-state index contributed by atoms with van der Waals surface area (Å²) >= 11 is 5.93. The van der Waals surface area contributed by atoms with Crippen molar-refractivity contribution in [3.05, 3.63) is 70.7 Å². The monoisotopic (exact) mass is 470 g/mol. The molecule has 0 radical (unpaired) electrons. The van der Waals surface area contributed by atoms with Gasteiger partial charge < -0.3 is 9.47 Å². The summed E-state index contributed by atoms with van der Waals surface area (Å²) in [5.74, 6) is -4.37. The van der Waals surface area contributed by atoms with E-state index in [4.69, 9.17) is 21.1 Å². The maximum atomic E-state index is 13.0. The topological polar surface area (TPSA) is 52.6 Å². The third-order valence-corrected chi connectivity index (χ3v) is 4.81. The molecule has 0 fully saturated rings. The van der Waals surface area contributed by atoms with Crippen LogP contribution in [-0.4, -0.2) is 23.7 Å². The number of esters is 2. The summed E-state index contributed by atoms with van der Waals surface area (Å²) in [6.45, 7) is 4.80. The lowest BCUT2D eigenvalue weighted by Crippen LogP contribution is -2.35. The van der Waals surface area contributed by atoms with Crippen LogP contribution in [0.3, 0.4) is 0 Å². The molecule has 0 aliphatic rings. The maximum absolute atomic E-state index is 13.0. The highest BCUT2D eigenvalue weighted by molar-refractivity contribution is 6.30. The molecule has 2 rings (SSSR count). The van der Waals surface area contributed by atoms with Gasteiger partial charge >= 0.3 is 18.1 Å². The van der Waals surface area contributed by atoms with E-state index in [0.29, 0.717) is 16.1 Å². The Balaban J connectivity index is 2.38. The Morgan fingerprint density at radius 3 is 2.06 bits per heavy atom. The van der Waals surface area contributed by atoms with Crippen LogP contribution in [0.1, 0.15) is 50.7 Å². The van der Waals surface area contributed by atoms with Gasteiger partial charge in [0.15, 0.2) is 0 Å². The fourth-order valence-electron chi connectivity index (χ4n) is 3.14. The van der Waals surface area contributed by atoms with Gasteiger partial charge in [-0.15, -0.1) is 0 Å². The predicted octanol–water partition coefficient (Wildman–Crippen LogP) is 6.47. The van der Waals surface area contributed by atoms with Gasteiger partial charge in [-0.3, -0.25) is 9.59 Å². The number of rotatable bonds is 8. The minimum Gasteiger partial charge on any atom is -0.461 e. The summed E-state index contributed by atoms with van der Waals surface area (Å²) in [7, 11) is 0.